The van der Waals surface area contributed by atoms with Gasteiger partial charge in [0.05, 0.1) is 0 Å². The van der Waals surface area contributed by atoms with E-state index in [0.717, 1.165) is 19.5 Å². The quantitative estimate of drug-likeness (QED) is 0.632. The van der Waals surface area contributed by atoms with Crippen LogP contribution in [0.3, 0.4) is 0 Å². The largest absolute Gasteiger partial charge is 0.341 e. The minimum Gasteiger partial charge on any atom is -0.341 e. The molecule has 2 atom stereocenters. The standard InChI is InChI=1S/C10H20ClNO/c1-5-8(3)7-12(6-2)10(13)9(4)11/h8-9H,5-7H2,1-4H3. The van der Waals surface area contributed by atoms with Crippen LogP contribution < -0.4 is 0 Å². The van der Waals surface area contributed by atoms with Crippen molar-refractivity contribution < 1.29 is 4.79 Å². The van der Waals surface area contributed by atoms with Gasteiger partial charge in [-0.3, -0.25) is 4.79 Å². The Bertz CT molecular complexity index is 159. The molecule has 0 aromatic rings. The predicted octanol–water partition coefficient (Wildman–Crippen LogP) is 2.51. The van der Waals surface area contributed by atoms with Gasteiger partial charge in [-0.25, -0.2) is 0 Å². The topological polar surface area (TPSA) is 20.3 Å². The highest BCUT2D eigenvalue weighted by Crippen LogP contribution is 2.07. The molecule has 0 heterocycles. The zero-order valence-electron chi connectivity index (χ0n) is 9.01. The predicted molar refractivity (Wildman–Crippen MR) is 57.0 cm³/mol. The Hall–Kier alpha value is -0.240. The molecule has 2 unspecified atom stereocenters. The summed E-state index contributed by atoms with van der Waals surface area (Å²) in [4.78, 5) is 13.3. The first-order valence-electron chi connectivity index (χ1n) is 4.95. The van der Waals surface area contributed by atoms with E-state index >= 15 is 0 Å². The van der Waals surface area contributed by atoms with Crippen molar-refractivity contribution in [3.05, 3.63) is 0 Å². The van der Waals surface area contributed by atoms with Gasteiger partial charge < -0.3 is 4.90 Å². The van der Waals surface area contributed by atoms with Crippen molar-refractivity contribution in [1.29, 1.82) is 0 Å². The van der Waals surface area contributed by atoms with E-state index in [1.54, 1.807) is 6.92 Å². The van der Waals surface area contributed by atoms with Gasteiger partial charge in [0, 0.05) is 13.1 Å². The van der Waals surface area contributed by atoms with Gasteiger partial charge in [0.25, 0.3) is 0 Å². The molecule has 0 fully saturated rings. The summed E-state index contributed by atoms with van der Waals surface area (Å²) < 4.78 is 0. The number of nitrogens with zero attached hydrogens (tertiary/aromatic N) is 1. The maximum atomic E-state index is 11.5. The highest BCUT2D eigenvalue weighted by molar-refractivity contribution is 6.30. The van der Waals surface area contributed by atoms with Crippen molar-refractivity contribution in [3.63, 3.8) is 0 Å². The van der Waals surface area contributed by atoms with Crippen molar-refractivity contribution in [2.24, 2.45) is 5.92 Å². The summed E-state index contributed by atoms with van der Waals surface area (Å²) in [7, 11) is 0. The van der Waals surface area contributed by atoms with Crippen molar-refractivity contribution in [2.75, 3.05) is 13.1 Å². The molecule has 0 aliphatic carbocycles. The SMILES string of the molecule is CCC(C)CN(CC)C(=O)C(C)Cl. The van der Waals surface area contributed by atoms with Crippen LogP contribution in [0.15, 0.2) is 0 Å². The summed E-state index contributed by atoms with van der Waals surface area (Å²) in [5.74, 6) is 0.601. The van der Waals surface area contributed by atoms with E-state index in [0.29, 0.717) is 5.92 Å². The zero-order chi connectivity index (χ0) is 10.4. The fourth-order valence-electron chi connectivity index (χ4n) is 1.13. The van der Waals surface area contributed by atoms with Crippen LogP contribution in [0.5, 0.6) is 0 Å². The van der Waals surface area contributed by atoms with Gasteiger partial charge in [-0.15, -0.1) is 11.6 Å². The second kappa shape index (κ2) is 6.25. The maximum Gasteiger partial charge on any atom is 0.240 e. The van der Waals surface area contributed by atoms with Crippen LogP contribution in [0.1, 0.15) is 34.1 Å². The molecule has 3 heteroatoms. The first-order chi connectivity index (χ1) is 6.02. The van der Waals surface area contributed by atoms with Crippen LogP contribution in [0.25, 0.3) is 0 Å². The fraction of sp³-hybridized carbons (Fsp3) is 0.900. The van der Waals surface area contributed by atoms with Gasteiger partial charge in [0.1, 0.15) is 5.38 Å². The van der Waals surface area contributed by atoms with Crippen LogP contribution >= 0.6 is 11.6 Å². The van der Waals surface area contributed by atoms with Gasteiger partial charge in [-0.1, -0.05) is 20.3 Å². The summed E-state index contributed by atoms with van der Waals surface area (Å²) in [6, 6.07) is 0. The van der Waals surface area contributed by atoms with E-state index in [2.05, 4.69) is 13.8 Å². The molecule has 0 rings (SSSR count). The Morgan fingerprint density at radius 1 is 1.38 bits per heavy atom. The van der Waals surface area contributed by atoms with Crippen molar-refractivity contribution >= 4 is 17.5 Å². The lowest BCUT2D eigenvalue weighted by Gasteiger charge is -2.25. The van der Waals surface area contributed by atoms with Crippen LogP contribution in [0.2, 0.25) is 0 Å². The number of hydrogen-bond acceptors (Lipinski definition) is 1. The molecule has 0 aliphatic rings. The van der Waals surface area contributed by atoms with E-state index < -0.39 is 5.38 Å². The highest BCUT2D eigenvalue weighted by Gasteiger charge is 2.18. The van der Waals surface area contributed by atoms with Crippen LogP contribution in [-0.4, -0.2) is 29.3 Å². The van der Waals surface area contributed by atoms with Gasteiger partial charge in [-0.2, -0.15) is 0 Å². The molecule has 2 nitrogen and oxygen atoms in total. The maximum absolute atomic E-state index is 11.5. The number of carbonyl (C=O) groups excluding carboxylic acids is 1. The van der Waals surface area contributed by atoms with E-state index in [9.17, 15) is 4.79 Å². The molecule has 0 aromatic carbocycles. The fourth-order valence-corrected chi connectivity index (χ4v) is 1.27. The summed E-state index contributed by atoms with van der Waals surface area (Å²) in [5.41, 5.74) is 0. The van der Waals surface area contributed by atoms with Gasteiger partial charge >= 0.3 is 0 Å². The molecule has 0 bridgehead atoms. The summed E-state index contributed by atoms with van der Waals surface area (Å²) in [6.07, 6.45) is 1.10. The number of carbonyl (C=O) groups is 1. The Morgan fingerprint density at radius 3 is 2.23 bits per heavy atom. The van der Waals surface area contributed by atoms with E-state index in [1.807, 2.05) is 11.8 Å². The first-order valence-corrected chi connectivity index (χ1v) is 5.39. The highest BCUT2D eigenvalue weighted by atomic mass is 35.5. The van der Waals surface area contributed by atoms with Gasteiger partial charge in [-0.05, 0) is 19.8 Å². The van der Waals surface area contributed by atoms with Gasteiger partial charge in [0.15, 0.2) is 0 Å². The summed E-state index contributed by atoms with van der Waals surface area (Å²) >= 11 is 5.74. The number of rotatable bonds is 5. The Kier molecular flexibility index (Phi) is 6.13. The Morgan fingerprint density at radius 2 is 1.92 bits per heavy atom. The summed E-state index contributed by atoms with van der Waals surface area (Å²) in [6.45, 7) is 9.56. The van der Waals surface area contributed by atoms with E-state index in [-0.39, 0.29) is 5.91 Å². The van der Waals surface area contributed by atoms with Crippen LogP contribution in [0.4, 0.5) is 0 Å². The number of halogens is 1. The molecule has 0 saturated heterocycles. The summed E-state index contributed by atoms with van der Waals surface area (Å²) in [5, 5.41) is -0.399. The van der Waals surface area contributed by atoms with E-state index in [1.165, 1.54) is 0 Å². The zero-order valence-corrected chi connectivity index (χ0v) is 9.77. The number of hydrogen-bond donors (Lipinski definition) is 0. The average Bonchev–Trinajstić information content (AvgIpc) is 2.12. The molecule has 1 amide bonds. The molecule has 0 aromatic heterocycles. The second-order valence-corrected chi connectivity index (χ2v) is 4.16. The Balaban J connectivity index is 4.10. The van der Waals surface area contributed by atoms with E-state index in [4.69, 9.17) is 11.6 Å². The molecule has 0 radical (unpaired) electrons. The Labute approximate surface area is 86.2 Å². The number of amides is 1. The molecule has 13 heavy (non-hydrogen) atoms. The average molecular weight is 206 g/mol. The third kappa shape index (κ3) is 4.51. The van der Waals surface area contributed by atoms with Crippen LogP contribution in [-0.2, 0) is 4.79 Å². The van der Waals surface area contributed by atoms with Crippen molar-refractivity contribution in [3.8, 4) is 0 Å². The molecule has 0 saturated carbocycles. The third-order valence-corrected chi connectivity index (χ3v) is 2.45. The molecule has 78 valence electrons. The molecule has 0 spiro atoms. The smallest absolute Gasteiger partial charge is 0.240 e. The van der Waals surface area contributed by atoms with Gasteiger partial charge in [0.2, 0.25) is 5.91 Å². The third-order valence-electron chi connectivity index (χ3n) is 2.26. The molecule has 0 aliphatic heterocycles. The van der Waals surface area contributed by atoms with Crippen molar-refractivity contribution in [1.82, 2.24) is 4.90 Å². The lowest BCUT2D eigenvalue weighted by atomic mass is 10.1. The van der Waals surface area contributed by atoms with Crippen molar-refractivity contribution in [2.45, 2.75) is 39.5 Å². The van der Waals surface area contributed by atoms with Crippen LogP contribution in [0, 0.1) is 5.92 Å². The number of alkyl halides is 1. The lowest BCUT2D eigenvalue weighted by molar-refractivity contribution is -0.130. The minimum absolute atomic E-state index is 0.0458. The monoisotopic (exact) mass is 205 g/mol. The normalized spacial score (nSPS) is 15.2. The minimum atomic E-state index is -0.399. The first kappa shape index (κ1) is 12.8. The molecular weight excluding hydrogens is 186 g/mol. The second-order valence-electron chi connectivity index (χ2n) is 3.51. The molecular formula is C10H20ClNO. The lowest BCUT2D eigenvalue weighted by Crippen LogP contribution is -2.38. The molecule has 0 N–H and O–H groups in total.